The summed E-state index contributed by atoms with van der Waals surface area (Å²) in [4.78, 5) is 0. The Morgan fingerprint density at radius 2 is 1.78 bits per heavy atom. The minimum atomic E-state index is -0.337. The third-order valence-corrected chi connectivity index (χ3v) is 4.91. The molecule has 0 spiro atoms. The molecule has 2 heteroatoms. The van der Waals surface area contributed by atoms with Crippen molar-refractivity contribution in [3.63, 3.8) is 0 Å². The van der Waals surface area contributed by atoms with E-state index in [2.05, 4.69) is 12.1 Å². The summed E-state index contributed by atoms with van der Waals surface area (Å²) in [5.41, 5.74) is 0.962. The van der Waals surface area contributed by atoms with Crippen LogP contribution < -0.4 is 4.74 Å². The van der Waals surface area contributed by atoms with E-state index >= 15 is 0 Å². The van der Waals surface area contributed by atoms with Crippen LogP contribution in [0.1, 0.15) is 37.7 Å². The summed E-state index contributed by atoms with van der Waals surface area (Å²) < 4.78 is 5.15. The fourth-order valence-electron chi connectivity index (χ4n) is 3.73. The van der Waals surface area contributed by atoms with E-state index in [0.717, 1.165) is 18.6 Å². The molecule has 2 atom stereocenters. The molecule has 2 aliphatic rings. The zero-order valence-electron chi connectivity index (χ0n) is 11.1. The summed E-state index contributed by atoms with van der Waals surface area (Å²) in [6.45, 7) is 0. The summed E-state index contributed by atoms with van der Waals surface area (Å²) in [6.07, 6.45) is 7.01. The quantitative estimate of drug-likeness (QED) is 0.884. The Hall–Kier alpha value is -1.02. The van der Waals surface area contributed by atoms with E-state index in [1.54, 1.807) is 7.11 Å². The Morgan fingerprint density at radius 1 is 1.17 bits per heavy atom. The van der Waals surface area contributed by atoms with Crippen LogP contribution in [-0.2, 0) is 6.42 Å². The molecular weight excluding hydrogens is 224 g/mol. The topological polar surface area (TPSA) is 29.5 Å². The Labute approximate surface area is 109 Å². The van der Waals surface area contributed by atoms with E-state index in [9.17, 15) is 5.11 Å². The maximum atomic E-state index is 10.6. The molecule has 2 fully saturated rings. The molecule has 0 aromatic heterocycles. The van der Waals surface area contributed by atoms with Gasteiger partial charge in [-0.15, -0.1) is 0 Å². The summed E-state index contributed by atoms with van der Waals surface area (Å²) in [5.74, 6) is 2.10. The standard InChI is InChI=1S/C16H22O2/c1-18-13-8-6-12(7-9-13)10-11-16(17)14-4-2-3-5-15(14)16/h6-9,14-15,17H,2-5,10-11H2,1H3. The minimum Gasteiger partial charge on any atom is -0.497 e. The number of ether oxygens (including phenoxy) is 1. The maximum absolute atomic E-state index is 10.6. The van der Waals surface area contributed by atoms with Gasteiger partial charge in [-0.05, 0) is 55.2 Å². The first kappa shape index (κ1) is 12.0. The second-order valence-corrected chi connectivity index (χ2v) is 5.84. The van der Waals surface area contributed by atoms with Crippen molar-refractivity contribution in [1.82, 2.24) is 0 Å². The number of methoxy groups -OCH3 is 1. The van der Waals surface area contributed by atoms with Gasteiger partial charge in [-0.2, -0.15) is 0 Å². The summed E-state index contributed by atoms with van der Waals surface area (Å²) in [5, 5.41) is 10.6. The molecule has 1 N–H and O–H groups in total. The lowest BCUT2D eigenvalue weighted by molar-refractivity contribution is 0.109. The molecule has 2 aliphatic carbocycles. The van der Waals surface area contributed by atoms with Gasteiger partial charge in [0.25, 0.3) is 0 Å². The smallest absolute Gasteiger partial charge is 0.118 e. The highest BCUT2D eigenvalue weighted by molar-refractivity contribution is 5.28. The van der Waals surface area contributed by atoms with E-state index in [0.29, 0.717) is 11.8 Å². The van der Waals surface area contributed by atoms with E-state index in [-0.39, 0.29) is 5.60 Å². The number of aryl methyl sites for hydroxylation is 1. The molecule has 0 saturated heterocycles. The molecule has 2 nitrogen and oxygen atoms in total. The molecule has 2 saturated carbocycles. The van der Waals surface area contributed by atoms with Gasteiger partial charge in [-0.25, -0.2) is 0 Å². The Morgan fingerprint density at radius 3 is 2.33 bits per heavy atom. The van der Waals surface area contributed by atoms with Crippen LogP contribution in [0.4, 0.5) is 0 Å². The van der Waals surface area contributed by atoms with Crippen molar-refractivity contribution in [1.29, 1.82) is 0 Å². The van der Waals surface area contributed by atoms with Crippen LogP contribution in [0.5, 0.6) is 5.75 Å². The van der Waals surface area contributed by atoms with Crippen molar-refractivity contribution in [3.05, 3.63) is 29.8 Å². The fourth-order valence-corrected chi connectivity index (χ4v) is 3.73. The maximum Gasteiger partial charge on any atom is 0.118 e. The van der Waals surface area contributed by atoms with Crippen LogP contribution in [0.15, 0.2) is 24.3 Å². The van der Waals surface area contributed by atoms with Crippen LogP contribution >= 0.6 is 0 Å². The van der Waals surface area contributed by atoms with Crippen LogP contribution in [0.3, 0.4) is 0 Å². The van der Waals surface area contributed by atoms with Gasteiger partial charge in [0.1, 0.15) is 5.75 Å². The molecule has 0 heterocycles. The third-order valence-electron chi connectivity index (χ3n) is 4.91. The zero-order chi connectivity index (χ0) is 12.6. The number of fused-ring (bicyclic) bond motifs is 1. The average Bonchev–Trinajstić information content (AvgIpc) is 3.04. The molecule has 1 aromatic rings. The predicted molar refractivity (Wildman–Crippen MR) is 71.7 cm³/mol. The third kappa shape index (κ3) is 2.03. The Bertz CT molecular complexity index is 398. The highest BCUT2D eigenvalue weighted by atomic mass is 16.5. The van der Waals surface area contributed by atoms with Gasteiger partial charge in [0.05, 0.1) is 12.7 Å². The van der Waals surface area contributed by atoms with E-state index in [4.69, 9.17) is 4.74 Å². The first-order chi connectivity index (χ1) is 8.74. The second-order valence-electron chi connectivity index (χ2n) is 5.84. The molecule has 98 valence electrons. The number of benzene rings is 1. The average molecular weight is 246 g/mol. The lowest BCUT2D eigenvalue weighted by Gasteiger charge is -2.10. The number of hydrogen-bond donors (Lipinski definition) is 1. The first-order valence-electron chi connectivity index (χ1n) is 7.09. The predicted octanol–water partition coefficient (Wildman–Crippen LogP) is 3.18. The van der Waals surface area contributed by atoms with Crippen molar-refractivity contribution in [2.45, 2.75) is 44.1 Å². The fraction of sp³-hybridized carbons (Fsp3) is 0.625. The number of rotatable bonds is 4. The van der Waals surface area contributed by atoms with Gasteiger partial charge >= 0.3 is 0 Å². The number of aliphatic hydroxyl groups is 1. The zero-order valence-corrected chi connectivity index (χ0v) is 11.1. The molecule has 0 aliphatic heterocycles. The van der Waals surface area contributed by atoms with Crippen LogP contribution in [-0.4, -0.2) is 17.8 Å². The van der Waals surface area contributed by atoms with Crippen LogP contribution in [0, 0.1) is 11.8 Å². The molecule has 18 heavy (non-hydrogen) atoms. The lowest BCUT2D eigenvalue weighted by Crippen LogP contribution is -2.14. The van der Waals surface area contributed by atoms with Crippen molar-refractivity contribution >= 4 is 0 Å². The summed E-state index contributed by atoms with van der Waals surface area (Å²) in [7, 11) is 1.69. The van der Waals surface area contributed by atoms with E-state index < -0.39 is 0 Å². The van der Waals surface area contributed by atoms with Crippen molar-refractivity contribution in [3.8, 4) is 5.75 Å². The summed E-state index contributed by atoms with van der Waals surface area (Å²) in [6, 6.07) is 8.21. The van der Waals surface area contributed by atoms with Gasteiger partial charge in [0.15, 0.2) is 0 Å². The molecule has 0 amide bonds. The normalized spacial score (nSPS) is 33.9. The molecule has 3 rings (SSSR count). The van der Waals surface area contributed by atoms with Crippen molar-refractivity contribution < 1.29 is 9.84 Å². The van der Waals surface area contributed by atoms with E-state index in [1.807, 2.05) is 12.1 Å². The molecule has 0 bridgehead atoms. The van der Waals surface area contributed by atoms with Crippen LogP contribution in [0.25, 0.3) is 0 Å². The largest absolute Gasteiger partial charge is 0.497 e. The van der Waals surface area contributed by atoms with Crippen LogP contribution in [0.2, 0.25) is 0 Å². The van der Waals surface area contributed by atoms with Crippen molar-refractivity contribution in [2.24, 2.45) is 11.8 Å². The Balaban J connectivity index is 1.58. The minimum absolute atomic E-state index is 0.337. The molecular formula is C16H22O2. The van der Waals surface area contributed by atoms with Gasteiger partial charge in [-0.1, -0.05) is 25.0 Å². The van der Waals surface area contributed by atoms with E-state index in [1.165, 1.54) is 31.2 Å². The Kier molecular flexibility index (Phi) is 3.06. The lowest BCUT2D eigenvalue weighted by atomic mass is 10.0. The monoisotopic (exact) mass is 246 g/mol. The molecule has 2 unspecified atom stereocenters. The van der Waals surface area contributed by atoms with Gasteiger partial charge in [-0.3, -0.25) is 0 Å². The highest BCUT2D eigenvalue weighted by Crippen LogP contribution is 2.60. The van der Waals surface area contributed by atoms with Gasteiger partial charge < -0.3 is 9.84 Å². The SMILES string of the molecule is COc1ccc(CCC2(O)C3CCCCC32)cc1. The second kappa shape index (κ2) is 4.58. The van der Waals surface area contributed by atoms with Gasteiger partial charge in [0, 0.05) is 0 Å². The van der Waals surface area contributed by atoms with Crippen molar-refractivity contribution in [2.75, 3.05) is 7.11 Å². The first-order valence-corrected chi connectivity index (χ1v) is 7.09. The number of hydrogen-bond acceptors (Lipinski definition) is 2. The molecule has 0 radical (unpaired) electrons. The van der Waals surface area contributed by atoms with Gasteiger partial charge in [0.2, 0.25) is 0 Å². The summed E-state index contributed by atoms with van der Waals surface area (Å²) >= 11 is 0. The molecule has 1 aromatic carbocycles. The highest BCUT2D eigenvalue weighted by Gasteiger charge is 2.62.